The number of carboxylic acid groups (broad SMARTS) is 1. The van der Waals surface area contributed by atoms with Crippen molar-refractivity contribution < 1.29 is 50.1 Å². The molecule has 10 nitrogen and oxygen atoms in total. The van der Waals surface area contributed by atoms with Crippen LogP contribution in [0, 0.1) is 5.41 Å². The third kappa shape index (κ3) is 3.39. The highest BCUT2D eigenvalue weighted by Gasteiger charge is 2.71. The molecule has 35 heavy (non-hydrogen) atoms. The first kappa shape index (κ1) is 24.9. The van der Waals surface area contributed by atoms with Crippen LogP contribution in [0.25, 0.3) is 5.76 Å². The maximum atomic E-state index is 13.5. The summed E-state index contributed by atoms with van der Waals surface area (Å²) < 4.78 is 0. The Bertz CT molecular complexity index is 1250. The van der Waals surface area contributed by atoms with Crippen molar-refractivity contribution in [3.8, 4) is 5.75 Å². The van der Waals surface area contributed by atoms with Crippen molar-refractivity contribution in [3.63, 3.8) is 0 Å². The average molecular weight is 488 g/mol. The largest absolute Gasteiger partial charge is 0.508 e. The molecule has 1 aromatic carbocycles. The second-order valence-corrected chi connectivity index (χ2v) is 11.0. The lowest BCUT2D eigenvalue weighted by Crippen LogP contribution is -2.72. The molecule has 1 aromatic rings. The Hall–Kier alpha value is -3.21. The van der Waals surface area contributed by atoms with Gasteiger partial charge in [-0.05, 0) is 35.4 Å². The number of aliphatic carboxylic acids is 1. The molecule has 188 valence electrons. The van der Waals surface area contributed by atoms with E-state index >= 15 is 0 Å². The quantitative estimate of drug-likeness (QED) is 0.304. The van der Waals surface area contributed by atoms with Crippen molar-refractivity contribution in [1.82, 2.24) is 0 Å². The highest BCUT2D eigenvalue weighted by atomic mass is 16.4. The van der Waals surface area contributed by atoms with Gasteiger partial charge in [0.1, 0.15) is 28.3 Å². The van der Waals surface area contributed by atoms with E-state index in [0.29, 0.717) is 24.0 Å². The molecule has 0 unspecified atom stereocenters. The average Bonchev–Trinajstić information content (AvgIpc) is 2.68. The van der Waals surface area contributed by atoms with Gasteiger partial charge in [-0.1, -0.05) is 26.8 Å². The number of hydrogen-bond donors (Lipinski definition) is 7. The number of aliphatic hydroxyl groups is 5. The van der Waals surface area contributed by atoms with Crippen LogP contribution in [0.3, 0.4) is 0 Å². The Kier molecular flexibility index (Phi) is 5.26. The molecule has 0 saturated heterocycles. The Morgan fingerprint density at radius 2 is 1.66 bits per heavy atom. The van der Waals surface area contributed by atoms with E-state index in [1.54, 1.807) is 6.07 Å². The number of benzene rings is 1. The number of carbonyl (C=O) groups is 3. The standard InChI is InChI=1S/C25H28O10/c1-22(2,3)7-6-11-4-5-13(26)15-12(11)8-23(33)10-24(34)9-14(27)16(21(31)32)19(29)25(24,35)20(30)17(23)18(15)28/h4-5,26,28-29,33-35H,6-10H2,1-3H3,(H,31,32)/t23-,24+,25-/m0/s1. The lowest BCUT2D eigenvalue weighted by atomic mass is 9.55. The number of aliphatic hydroxyl groups excluding tert-OH is 2. The minimum atomic E-state index is -3.30. The van der Waals surface area contributed by atoms with E-state index in [1.807, 2.05) is 20.8 Å². The highest BCUT2D eigenvalue weighted by Crippen LogP contribution is 2.55. The maximum Gasteiger partial charge on any atom is 0.342 e. The van der Waals surface area contributed by atoms with E-state index in [4.69, 9.17) is 0 Å². The van der Waals surface area contributed by atoms with E-state index < -0.39 is 75.6 Å². The van der Waals surface area contributed by atoms with Gasteiger partial charge < -0.3 is 35.7 Å². The van der Waals surface area contributed by atoms with Gasteiger partial charge in [-0.25, -0.2) is 4.79 Å². The SMILES string of the molecule is CC(C)(C)CCc1ccc(O)c2c1C[C@]1(O)C[C@]3(O)CC(=O)C(C(=O)O)=C(O)[C@]3(O)C(=O)C1=C2O. The molecule has 3 atom stereocenters. The molecule has 0 amide bonds. The van der Waals surface area contributed by atoms with E-state index in [0.717, 1.165) is 0 Å². The maximum absolute atomic E-state index is 13.5. The summed E-state index contributed by atoms with van der Waals surface area (Å²) in [6.45, 7) is 6.10. The summed E-state index contributed by atoms with van der Waals surface area (Å²) in [5.41, 5.74) is -9.54. The number of Topliss-reactive ketones (excluding diaryl/α,β-unsaturated/α-hetero) is 2. The summed E-state index contributed by atoms with van der Waals surface area (Å²) in [5, 5.41) is 75.4. The van der Waals surface area contributed by atoms with E-state index in [-0.39, 0.29) is 17.4 Å². The second-order valence-electron chi connectivity index (χ2n) is 11.0. The molecule has 10 heteroatoms. The van der Waals surface area contributed by atoms with Crippen molar-refractivity contribution in [2.45, 2.75) is 69.7 Å². The van der Waals surface area contributed by atoms with Crippen LogP contribution in [0.2, 0.25) is 0 Å². The summed E-state index contributed by atoms with van der Waals surface area (Å²) in [6.07, 6.45) is -1.03. The van der Waals surface area contributed by atoms with Gasteiger partial charge in [0.25, 0.3) is 0 Å². The number of ketones is 2. The van der Waals surface area contributed by atoms with Crippen LogP contribution in [0.5, 0.6) is 5.75 Å². The molecule has 0 radical (unpaired) electrons. The molecule has 0 spiro atoms. The Labute approximate surface area is 200 Å². The molecule has 0 aliphatic heterocycles. The van der Waals surface area contributed by atoms with Gasteiger partial charge in [0, 0.05) is 19.3 Å². The molecule has 1 fully saturated rings. The summed E-state index contributed by atoms with van der Waals surface area (Å²) in [5.74, 6) is -7.51. The second kappa shape index (κ2) is 7.39. The van der Waals surface area contributed by atoms with Crippen molar-refractivity contribution in [3.05, 3.63) is 45.7 Å². The first-order chi connectivity index (χ1) is 16.0. The van der Waals surface area contributed by atoms with Gasteiger partial charge in [0.05, 0.1) is 11.1 Å². The topological polar surface area (TPSA) is 193 Å². The molecular weight excluding hydrogens is 460 g/mol. The number of carboxylic acids is 1. The minimum absolute atomic E-state index is 0.0556. The van der Waals surface area contributed by atoms with Crippen LogP contribution >= 0.6 is 0 Å². The van der Waals surface area contributed by atoms with Crippen LogP contribution < -0.4 is 0 Å². The fraction of sp³-hybridized carbons (Fsp3) is 0.480. The third-order valence-corrected chi connectivity index (χ3v) is 7.28. The molecule has 7 N–H and O–H groups in total. The van der Waals surface area contributed by atoms with Crippen molar-refractivity contribution in [2.75, 3.05) is 0 Å². The van der Waals surface area contributed by atoms with Crippen LogP contribution in [0.15, 0.2) is 29.0 Å². The van der Waals surface area contributed by atoms with Gasteiger partial charge in [-0.3, -0.25) is 9.59 Å². The Balaban J connectivity index is 1.95. The van der Waals surface area contributed by atoms with Crippen LogP contribution in [0.4, 0.5) is 0 Å². The molecule has 3 aliphatic rings. The van der Waals surface area contributed by atoms with E-state index in [2.05, 4.69) is 0 Å². The predicted molar refractivity (Wildman–Crippen MR) is 121 cm³/mol. The van der Waals surface area contributed by atoms with Gasteiger partial charge in [-0.2, -0.15) is 0 Å². The Morgan fingerprint density at radius 3 is 2.23 bits per heavy atom. The van der Waals surface area contributed by atoms with E-state index in [1.165, 1.54) is 6.07 Å². The smallest absolute Gasteiger partial charge is 0.342 e. The number of phenols is 1. The van der Waals surface area contributed by atoms with Crippen molar-refractivity contribution in [2.24, 2.45) is 5.41 Å². The number of rotatable bonds is 3. The van der Waals surface area contributed by atoms with Gasteiger partial charge in [0.2, 0.25) is 11.4 Å². The molecule has 0 bridgehead atoms. The van der Waals surface area contributed by atoms with Crippen molar-refractivity contribution in [1.29, 1.82) is 0 Å². The fourth-order valence-electron chi connectivity index (χ4n) is 5.49. The normalized spacial score (nSPS) is 30.7. The number of fused-ring (bicyclic) bond motifs is 3. The van der Waals surface area contributed by atoms with Gasteiger partial charge >= 0.3 is 5.97 Å². The summed E-state index contributed by atoms with van der Waals surface area (Å²) >= 11 is 0. The monoisotopic (exact) mass is 488 g/mol. The summed E-state index contributed by atoms with van der Waals surface area (Å²) in [7, 11) is 0. The molecule has 1 saturated carbocycles. The summed E-state index contributed by atoms with van der Waals surface area (Å²) in [4.78, 5) is 37.4. The third-order valence-electron chi connectivity index (χ3n) is 7.28. The van der Waals surface area contributed by atoms with Crippen LogP contribution in [-0.4, -0.2) is 70.1 Å². The molecule has 0 heterocycles. The van der Waals surface area contributed by atoms with E-state index in [9.17, 15) is 50.1 Å². The van der Waals surface area contributed by atoms with Gasteiger partial charge in [0.15, 0.2) is 11.5 Å². The molecule has 4 rings (SSSR count). The molecule has 3 aliphatic carbocycles. The first-order valence-corrected chi connectivity index (χ1v) is 11.2. The zero-order valence-electron chi connectivity index (χ0n) is 19.5. The lowest BCUT2D eigenvalue weighted by Gasteiger charge is -2.54. The Morgan fingerprint density at radius 1 is 1.03 bits per heavy atom. The van der Waals surface area contributed by atoms with Crippen LogP contribution in [0.1, 0.15) is 56.7 Å². The highest BCUT2D eigenvalue weighted by molar-refractivity contribution is 6.22. The fourth-order valence-corrected chi connectivity index (χ4v) is 5.49. The molecular formula is C25H28O10. The zero-order valence-corrected chi connectivity index (χ0v) is 19.5. The number of aryl methyl sites for hydroxylation is 1. The number of phenolic OH excluding ortho intramolecular Hbond substituents is 1. The van der Waals surface area contributed by atoms with Gasteiger partial charge in [-0.15, -0.1) is 0 Å². The van der Waals surface area contributed by atoms with Crippen molar-refractivity contribution >= 4 is 23.3 Å². The minimum Gasteiger partial charge on any atom is -0.508 e. The number of aromatic hydroxyl groups is 1. The molecule has 0 aromatic heterocycles. The number of carbonyl (C=O) groups excluding carboxylic acids is 2. The predicted octanol–water partition coefficient (Wildman–Crippen LogP) is 1.23. The summed E-state index contributed by atoms with van der Waals surface area (Å²) in [6, 6.07) is 2.96. The number of hydrogen-bond acceptors (Lipinski definition) is 9. The van der Waals surface area contributed by atoms with Crippen LogP contribution in [-0.2, 0) is 27.2 Å². The lowest BCUT2D eigenvalue weighted by molar-refractivity contribution is -0.200. The first-order valence-electron chi connectivity index (χ1n) is 11.2. The zero-order chi connectivity index (χ0) is 26.3.